The highest BCUT2D eigenvalue weighted by molar-refractivity contribution is 7.89. The maximum Gasteiger partial charge on any atom is 0.294 e. The normalized spacial score (nSPS) is 13.0. The van der Waals surface area contributed by atoms with Crippen molar-refractivity contribution in [1.82, 2.24) is 0 Å². The summed E-state index contributed by atoms with van der Waals surface area (Å²) in [4.78, 5) is -0.757. The van der Waals surface area contributed by atoms with Gasteiger partial charge in [-0.25, -0.2) is 0 Å². The van der Waals surface area contributed by atoms with E-state index in [0.717, 1.165) is 6.08 Å². The fourth-order valence-corrected chi connectivity index (χ4v) is 5.01. The van der Waals surface area contributed by atoms with Crippen LogP contribution < -0.4 is 0 Å². The van der Waals surface area contributed by atoms with E-state index >= 15 is 0 Å². The van der Waals surface area contributed by atoms with Crippen LogP contribution in [0.5, 0.6) is 0 Å². The minimum absolute atomic E-state index is 0.216. The van der Waals surface area contributed by atoms with Crippen LogP contribution in [-0.4, -0.2) is 23.2 Å². The lowest BCUT2D eigenvalue weighted by Gasteiger charge is -2.34. The van der Waals surface area contributed by atoms with Gasteiger partial charge in [0.05, 0.1) is 0 Å². The molecular weight excluding hydrogens is 448 g/mol. The molecule has 0 unspecified atom stereocenters. The van der Waals surface area contributed by atoms with Gasteiger partial charge in [-0.1, -0.05) is 121 Å². The van der Waals surface area contributed by atoms with E-state index in [4.69, 9.17) is 0 Å². The van der Waals surface area contributed by atoms with Gasteiger partial charge in [0.1, 0.15) is 10.5 Å². The van der Waals surface area contributed by atoms with Crippen molar-refractivity contribution in [2.24, 2.45) is 0 Å². The zero-order valence-electron chi connectivity index (χ0n) is 18.2. The Hall–Kier alpha value is -3.55. The van der Waals surface area contributed by atoms with Crippen LogP contribution in [0, 0.1) is 0 Å². The standard InChI is InChI=1S/C28H24O5S/c29-27(22-13-5-1-6-14-22,23-15-7-2-8-16-23)21-26(34(31,32)33)28(30,24-17-9-3-10-18-24)25-19-11-4-12-20-25/h1-21,29-30H,(H,31,32,33)/b26-21-. The molecule has 0 aromatic heterocycles. The van der Waals surface area contributed by atoms with E-state index in [1.165, 1.54) is 0 Å². The molecule has 0 radical (unpaired) electrons. The van der Waals surface area contributed by atoms with Crippen LogP contribution in [0.4, 0.5) is 0 Å². The van der Waals surface area contributed by atoms with Crippen molar-refractivity contribution >= 4 is 10.1 Å². The lowest BCUT2D eigenvalue weighted by Crippen LogP contribution is -2.36. The lowest BCUT2D eigenvalue weighted by atomic mass is 9.81. The molecule has 34 heavy (non-hydrogen) atoms. The van der Waals surface area contributed by atoms with Crippen molar-refractivity contribution in [3.8, 4) is 0 Å². The number of aliphatic hydroxyl groups is 2. The second-order valence-corrected chi connectivity index (χ2v) is 9.31. The molecule has 0 atom stereocenters. The zero-order valence-corrected chi connectivity index (χ0v) is 19.0. The molecule has 0 spiro atoms. The summed E-state index contributed by atoms with van der Waals surface area (Å²) in [5.74, 6) is 0. The Morgan fingerprint density at radius 3 is 1.15 bits per heavy atom. The Kier molecular flexibility index (Phi) is 6.50. The first-order chi connectivity index (χ1) is 16.3. The van der Waals surface area contributed by atoms with Gasteiger partial charge >= 0.3 is 0 Å². The molecule has 0 saturated heterocycles. The quantitative estimate of drug-likeness (QED) is 0.341. The van der Waals surface area contributed by atoms with Crippen LogP contribution in [0.2, 0.25) is 0 Å². The first kappa shape index (κ1) is 23.6. The molecule has 6 heteroatoms. The molecule has 0 heterocycles. The van der Waals surface area contributed by atoms with Gasteiger partial charge in [-0.3, -0.25) is 4.55 Å². The van der Waals surface area contributed by atoms with Gasteiger partial charge in [0, 0.05) is 0 Å². The molecule has 4 aromatic carbocycles. The van der Waals surface area contributed by atoms with E-state index in [2.05, 4.69) is 0 Å². The first-order valence-corrected chi connectivity index (χ1v) is 12.1. The molecule has 0 aliphatic heterocycles. The maximum absolute atomic E-state index is 12.9. The van der Waals surface area contributed by atoms with Gasteiger partial charge in [0.15, 0.2) is 5.60 Å². The molecule has 4 rings (SSSR count). The van der Waals surface area contributed by atoms with Crippen LogP contribution in [0.1, 0.15) is 22.3 Å². The molecule has 0 saturated carbocycles. The van der Waals surface area contributed by atoms with Gasteiger partial charge in [-0.2, -0.15) is 8.42 Å². The molecule has 0 bridgehead atoms. The summed E-state index contributed by atoms with van der Waals surface area (Å²) in [5.41, 5.74) is -3.10. The highest BCUT2D eigenvalue weighted by Crippen LogP contribution is 2.43. The molecular formula is C28H24O5S. The highest BCUT2D eigenvalue weighted by atomic mass is 32.2. The van der Waals surface area contributed by atoms with Crippen molar-refractivity contribution in [1.29, 1.82) is 0 Å². The van der Waals surface area contributed by atoms with E-state index in [9.17, 15) is 23.2 Å². The van der Waals surface area contributed by atoms with E-state index < -0.39 is 26.2 Å². The second-order valence-electron chi connectivity index (χ2n) is 7.92. The van der Waals surface area contributed by atoms with Crippen LogP contribution in [0.15, 0.2) is 132 Å². The largest absolute Gasteiger partial charge is 0.377 e. The third-order valence-corrected chi connectivity index (χ3v) is 6.75. The smallest absolute Gasteiger partial charge is 0.294 e. The molecule has 4 aromatic rings. The summed E-state index contributed by atoms with van der Waals surface area (Å²) in [6, 6.07) is 33.3. The SMILES string of the molecule is O=S(=O)(O)/C(=C\C(O)(c1ccccc1)c1ccccc1)C(O)(c1ccccc1)c1ccccc1. The summed E-state index contributed by atoms with van der Waals surface area (Å²) in [7, 11) is -5.02. The van der Waals surface area contributed by atoms with Crippen LogP contribution in [-0.2, 0) is 21.3 Å². The average molecular weight is 473 g/mol. The summed E-state index contributed by atoms with van der Waals surface area (Å²) in [6.07, 6.45) is 1.02. The molecule has 172 valence electrons. The van der Waals surface area contributed by atoms with E-state index in [-0.39, 0.29) is 11.1 Å². The predicted octanol–water partition coefficient (Wildman–Crippen LogP) is 4.63. The Morgan fingerprint density at radius 2 is 0.853 bits per heavy atom. The summed E-state index contributed by atoms with van der Waals surface area (Å²) in [5, 5.41) is 24.1. The molecule has 5 nitrogen and oxygen atoms in total. The molecule has 3 N–H and O–H groups in total. The Morgan fingerprint density at radius 1 is 0.559 bits per heavy atom. The lowest BCUT2D eigenvalue weighted by molar-refractivity contribution is 0.110. The predicted molar refractivity (Wildman–Crippen MR) is 131 cm³/mol. The topological polar surface area (TPSA) is 94.8 Å². The van der Waals surface area contributed by atoms with Crippen molar-refractivity contribution in [3.05, 3.63) is 155 Å². The van der Waals surface area contributed by atoms with Gasteiger partial charge in [0.25, 0.3) is 10.1 Å². The van der Waals surface area contributed by atoms with Crippen molar-refractivity contribution in [3.63, 3.8) is 0 Å². The molecule has 0 fully saturated rings. The van der Waals surface area contributed by atoms with Crippen LogP contribution in [0.3, 0.4) is 0 Å². The third-order valence-electron chi connectivity index (χ3n) is 5.79. The summed E-state index contributed by atoms with van der Waals surface area (Å²) < 4.78 is 36.2. The molecule has 0 aliphatic carbocycles. The fraction of sp³-hybridized carbons (Fsp3) is 0.0714. The summed E-state index contributed by atoms with van der Waals surface area (Å²) >= 11 is 0. The van der Waals surface area contributed by atoms with E-state index in [1.54, 1.807) is 121 Å². The highest BCUT2D eigenvalue weighted by Gasteiger charge is 2.45. The fourth-order valence-electron chi connectivity index (χ4n) is 4.08. The molecule has 0 aliphatic rings. The number of benzene rings is 4. The minimum atomic E-state index is -5.02. The average Bonchev–Trinajstić information content (AvgIpc) is 2.88. The van der Waals surface area contributed by atoms with Gasteiger partial charge < -0.3 is 10.2 Å². The van der Waals surface area contributed by atoms with Gasteiger partial charge in [-0.15, -0.1) is 0 Å². The second kappa shape index (κ2) is 9.37. The zero-order chi connectivity index (χ0) is 24.2. The van der Waals surface area contributed by atoms with Crippen molar-refractivity contribution < 1.29 is 23.2 Å². The van der Waals surface area contributed by atoms with Crippen molar-refractivity contribution in [2.45, 2.75) is 11.2 Å². The van der Waals surface area contributed by atoms with Crippen LogP contribution in [0.25, 0.3) is 0 Å². The minimum Gasteiger partial charge on any atom is -0.377 e. The maximum atomic E-state index is 12.9. The Labute approximate surface area is 199 Å². The van der Waals surface area contributed by atoms with Gasteiger partial charge in [0.2, 0.25) is 0 Å². The monoisotopic (exact) mass is 472 g/mol. The Bertz CT molecular complexity index is 1290. The van der Waals surface area contributed by atoms with E-state index in [0.29, 0.717) is 11.1 Å². The number of hydrogen-bond acceptors (Lipinski definition) is 4. The summed E-state index contributed by atoms with van der Waals surface area (Å²) in [6.45, 7) is 0. The van der Waals surface area contributed by atoms with E-state index in [1.807, 2.05) is 0 Å². The Balaban J connectivity index is 2.09. The third kappa shape index (κ3) is 4.44. The first-order valence-electron chi connectivity index (χ1n) is 10.6. The van der Waals surface area contributed by atoms with Gasteiger partial charge in [-0.05, 0) is 28.3 Å². The van der Waals surface area contributed by atoms with Crippen LogP contribution >= 0.6 is 0 Å². The number of rotatable bonds is 7. The van der Waals surface area contributed by atoms with Crippen molar-refractivity contribution in [2.75, 3.05) is 0 Å². The molecule has 0 amide bonds. The number of hydrogen-bond donors (Lipinski definition) is 3.